The molecular weight excluding hydrogens is 198 g/mol. The summed E-state index contributed by atoms with van der Waals surface area (Å²) < 4.78 is 0. The molecule has 0 saturated heterocycles. The Morgan fingerprint density at radius 3 is 1.75 bits per heavy atom. The third kappa shape index (κ3) is 5.17. The molecule has 1 aromatic rings. The molecule has 1 N–H and O–H groups in total. The topological polar surface area (TPSA) is 23.5 Å². The summed E-state index contributed by atoms with van der Waals surface area (Å²) in [6.07, 6.45) is 0. The highest BCUT2D eigenvalue weighted by Gasteiger charge is 1.94. The molecule has 2 heteroatoms. The molecular formula is C14H25NO. The molecule has 1 aromatic carbocycles. The van der Waals surface area contributed by atoms with Gasteiger partial charge in [-0.3, -0.25) is 0 Å². The van der Waals surface area contributed by atoms with Crippen LogP contribution in [0, 0.1) is 13.8 Å². The Kier molecular flexibility index (Phi) is 7.65. The van der Waals surface area contributed by atoms with E-state index in [2.05, 4.69) is 25.7 Å². The van der Waals surface area contributed by atoms with Gasteiger partial charge in [0.2, 0.25) is 0 Å². The van der Waals surface area contributed by atoms with E-state index in [9.17, 15) is 0 Å². The zero-order valence-electron chi connectivity index (χ0n) is 11.2. The molecule has 0 amide bonds. The molecule has 0 aliphatic carbocycles. The highest BCUT2D eigenvalue weighted by Crippen LogP contribution is 2.17. The van der Waals surface area contributed by atoms with Gasteiger partial charge in [-0.05, 0) is 50.7 Å². The number of phenols is 1. The van der Waals surface area contributed by atoms with E-state index in [0.717, 1.165) is 11.1 Å². The molecule has 0 aliphatic heterocycles. The van der Waals surface area contributed by atoms with Crippen molar-refractivity contribution in [2.24, 2.45) is 0 Å². The lowest BCUT2D eigenvalue weighted by Crippen LogP contribution is -2.21. The van der Waals surface area contributed by atoms with Crippen molar-refractivity contribution in [3.63, 3.8) is 0 Å². The van der Waals surface area contributed by atoms with Gasteiger partial charge in [-0.1, -0.05) is 32.9 Å². The van der Waals surface area contributed by atoms with Crippen LogP contribution in [0.25, 0.3) is 0 Å². The van der Waals surface area contributed by atoms with Crippen molar-refractivity contribution in [1.82, 2.24) is 4.90 Å². The molecule has 0 fully saturated rings. The van der Waals surface area contributed by atoms with Gasteiger partial charge in [-0.15, -0.1) is 0 Å². The minimum absolute atomic E-state index is 0.384. The van der Waals surface area contributed by atoms with Gasteiger partial charge in [0.05, 0.1) is 0 Å². The maximum Gasteiger partial charge on any atom is 0.118 e. The summed E-state index contributed by atoms with van der Waals surface area (Å²) in [5.74, 6) is 0.384. The van der Waals surface area contributed by atoms with E-state index in [0.29, 0.717) is 5.75 Å². The average molecular weight is 223 g/mol. The predicted molar refractivity (Wildman–Crippen MR) is 71.0 cm³/mol. The minimum Gasteiger partial charge on any atom is -0.508 e. The van der Waals surface area contributed by atoms with E-state index in [1.807, 2.05) is 26.0 Å². The van der Waals surface area contributed by atoms with Crippen molar-refractivity contribution in [3.05, 3.63) is 29.3 Å². The molecule has 0 aliphatic rings. The quantitative estimate of drug-likeness (QED) is 0.849. The summed E-state index contributed by atoms with van der Waals surface area (Å²) in [6.45, 7) is 14.0. The number of hydrogen-bond donors (Lipinski definition) is 1. The fourth-order valence-corrected chi connectivity index (χ4v) is 1.41. The van der Waals surface area contributed by atoms with Crippen LogP contribution in [0.2, 0.25) is 0 Å². The molecule has 0 unspecified atom stereocenters. The lowest BCUT2D eigenvalue weighted by Gasteiger charge is -2.13. The van der Waals surface area contributed by atoms with E-state index >= 15 is 0 Å². The fraction of sp³-hybridized carbons (Fsp3) is 0.571. The SMILES string of the molecule is CCN(CC)CC.Cc1cccc(O)c1C. The smallest absolute Gasteiger partial charge is 0.118 e. The van der Waals surface area contributed by atoms with Gasteiger partial charge in [-0.2, -0.15) is 0 Å². The Bertz CT molecular complexity index is 267. The highest BCUT2D eigenvalue weighted by molar-refractivity contribution is 5.36. The molecule has 16 heavy (non-hydrogen) atoms. The van der Waals surface area contributed by atoms with Crippen LogP contribution in [-0.2, 0) is 0 Å². The number of nitrogens with zero attached hydrogens (tertiary/aromatic N) is 1. The molecule has 1 rings (SSSR count). The number of benzene rings is 1. The van der Waals surface area contributed by atoms with E-state index < -0.39 is 0 Å². The zero-order chi connectivity index (χ0) is 12.6. The molecule has 0 radical (unpaired) electrons. The van der Waals surface area contributed by atoms with Crippen LogP contribution in [0.15, 0.2) is 18.2 Å². The summed E-state index contributed by atoms with van der Waals surface area (Å²) >= 11 is 0. The predicted octanol–water partition coefficient (Wildman–Crippen LogP) is 3.36. The molecule has 0 bridgehead atoms. The number of hydrogen-bond acceptors (Lipinski definition) is 2. The summed E-state index contributed by atoms with van der Waals surface area (Å²) in [5.41, 5.74) is 2.10. The Balaban J connectivity index is 0.000000293. The number of rotatable bonds is 3. The van der Waals surface area contributed by atoms with Crippen LogP contribution >= 0.6 is 0 Å². The van der Waals surface area contributed by atoms with Crippen molar-refractivity contribution in [2.75, 3.05) is 19.6 Å². The standard InChI is InChI=1S/C8H10O.C6H15N/c1-6-4-3-5-8(9)7(6)2;1-4-7(5-2)6-3/h3-5,9H,1-2H3;4-6H2,1-3H3. The van der Waals surface area contributed by atoms with Gasteiger partial charge < -0.3 is 10.0 Å². The summed E-state index contributed by atoms with van der Waals surface area (Å²) in [7, 11) is 0. The largest absolute Gasteiger partial charge is 0.508 e. The van der Waals surface area contributed by atoms with Crippen LogP contribution in [0.4, 0.5) is 0 Å². The summed E-state index contributed by atoms with van der Waals surface area (Å²) in [5, 5.41) is 9.10. The van der Waals surface area contributed by atoms with Gasteiger partial charge in [-0.25, -0.2) is 0 Å². The Morgan fingerprint density at radius 1 is 1.00 bits per heavy atom. The molecule has 0 saturated carbocycles. The third-order valence-electron chi connectivity index (χ3n) is 2.92. The number of aromatic hydroxyl groups is 1. The van der Waals surface area contributed by atoms with Crippen molar-refractivity contribution in [2.45, 2.75) is 34.6 Å². The Morgan fingerprint density at radius 2 is 1.50 bits per heavy atom. The van der Waals surface area contributed by atoms with Gasteiger partial charge >= 0.3 is 0 Å². The van der Waals surface area contributed by atoms with E-state index in [1.54, 1.807) is 6.07 Å². The second-order valence-corrected chi connectivity index (χ2v) is 3.84. The minimum atomic E-state index is 0.384. The molecule has 0 aromatic heterocycles. The van der Waals surface area contributed by atoms with Crippen LogP contribution in [0.3, 0.4) is 0 Å². The first-order valence-corrected chi connectivity index (χ1v) is 6.04. The van der Waals surface area contributed by atoms with Crippen LogP contribution in [0.5, 0.6) is 5.75 Å². The van der Waals surface area contributed by atoms with Crippen LogP contribution < -0.4 is 0 Å². The van der Waals surface area contributed by atoms with E-state index in [1.165, 1.54) is 19.6 Å². The van der Waals surface area contributed by atoms with Gasteiger partial charge in [0, 0.05) is 0 Å². The average Bonchev–Trinajstić information content (AvgIpc) is 2.29. The van der Waals surface area contributed by atoms with E-state index in [4.69, 9.17) is 5.11 Å². The van der Waals surface area contributed by atoms with Gasteiger partial charge in [0.15, 0.2) is 0 Å². The molecule has 92 valence electrons. The second kappa shape index (κ2) is 8.17. The van der Waals surface area contributed by atoms with Crippen molar-refractivity contribution < 1.29 is 5.11 Å². The van der Waals surface area contributed by atoms with Crippen LogP contribution in [0.1, 0.15) is 31.9 Å². The molecule has 0 atom stereocenters. The van der Waals surface area contributed by atoms with E-state index in [-0.39, 0.29) is 0 Å². The Labute approximate surface area is 99.9 Å². The van der Waals surface area contributed by atoms with Gasteiger partial charge in [0.25, 0.3) is 0 Å². The lowest BCUT2D eigenvalue weighted by atomic mass is 10.1. The normalized spacial score (nSPS) is 9.88. The first kappa shape index (κ1) is 15.0. The monoisotopic (exact) mass is 223 g/mol. The maximum absolute atomic E-state index is 9.10. The summed E-state index contributed by atoms with van der Waals surface area (Å²) in [4.78, 5) is 2.38. The fourth-order valence-electron chi connectivity index (χ4n) is 1.41. The summed E-state index contributed by atoms with van der Waals surface area (Å²) in [6, 6.07) is 5.52. The van der Waals surface area contributed by atoms with Crippen molar-refractivity contribution in [3.8, 4) is 5.75 Å². The first-order chi connectivity index (χ1) is 7.56. The molecule has 2 nitrogen and oxygen atoms in total. The first-order valence-electron chi connectivity index (χ1n) is 6.04. The van der Waals surface area contributed by atoms with Crippen molar-refractivity contribution in [1.29, 1.82) is 0 Å². The zero-order valence-corrected chi connectivity index (χ0v) is 11.2. The Hall–Kier alpha value is -1.02. The second-order valence-electron chi connectivity index (χ2n) is 3.84. The lowest BCUT2D eigenvalue weighted by molar-refractivity contribution is 0.321. The van der Waals surface area contributed by atoms with Gasteiger partial charge in [0.1, 0.15) is 5.75 Å². The maximum atomic E-state index is 9.10. The third-order valence-corrected chi connectivity index (χ3v) is 2.92. The number of aryl methyl sites for hydroxylation is 1. The molecule has 0 spiro atoms. The highest BCUT2D eigenvalue weighted by atomic mass is 16.3. The molecule has 0 heterocycles. The van der Waals surface area contributed by atoms with Crippen molar-refractivity contribution >= 4 is 0 Å². The van der Waals surface area contributed by atoms with Crippen LogP contribution in [-0.4, -0.2) is 29.6 Å². The number of phenolic OH excluding ortho intramolecular Hbond substituents is 1.